The summed E-state index contributed by atoms with van der Waals surface area (Å²) in [7, 11) is -3.89. The summed E-state index contributed by atoms with van der Waals surface area (Å²) in [6.07, 6.45) is -2.58. The molecule has 154 valence electrons. The molecule has 0 aromatic carbocycles. The first-order chi connectivity index (χ1) is 11.9. The summed E-state index contributed by atoms with van der Waals surface area (Å²) in [5, 5.41) is 0. The second-order valence-corrected chi connectivity index (χ2v) is 8.75. The van der Waals surface area contributed by atoms with Crippen LogP contribution in [-0.4, -0.2) is 37.0 Å². The smallest absolute Gasteiger partial charge is 0.362 e. The minimum absolute atomic E-state index is 0.155. The number of rotatable bonds is 12. The molecule has 0 bridgehead atoms. The zero-order chi connectivity index (χ0) is 20.5. The third-order valence-electron chi connectivity index (χ3n) is 3.00. The van der Waals surface area contributed by atoms with Crippen LogP contribution in [0.3, 0.4) is 0 Å². The molecule has 0 aliphatic heterocycles. The highest BCUT2D eigenvalue weighted by molar-refractivity contribution is 7.53. The number of hydrogen-bond donors (Lipinski definition) is 0. The average Bonchev–Trinajstić information content (AvgIpc) is 2.51. The van der Waals surface area contributed by atoms with Crippen molar-refractivity contribution >= 4 is 19.5 Å². The number of hydrogen-bond acceptors (Lipinski definition) is 8. The van der Waals surface area contributed by atoms with Crippen molar-refractivity contribution in [3.8, 4) is 0 Å². The highest BCUT2D eigenvalue weighted by Gasteiger charge is 2.37. The molecule has 0 fully saturated rings. The lowest BCUT2D eigenvalue weighted by Gasteiger charge is -2.30. The maximum Gasteiger partial charge on any atom is 0.362 e. The highest BCUT2D eigenvalue weighted by atomic mass is 31.2. The van der Waals surface area contributed by atoms with Crippen LogP contribution in [0, 0.1) is 11.8 Å². The van der Waals surface area contributed by atoms with Gasteiger partial charge in [0, 0.05) is 25.2 Å². The van der Waals surface area contributed by atoms with E-state index in [9.17, 15) is 14.2 Å². The maximum absolute atomic E-state index is 13.2. The van der Waals surface area contributed by atoms with Gasteiger partial charge >= 0.3 is 19.5 Å². The summed E-state index contributed by atoms with van der Waals surface area (Å²) in [4.78, 5) is 22.9. The molecule has 26 heavy (non-hydrogen) atoms. The van der Waals surface area contributed by atoms with Crippen LogP contribution in [-0.2, 0) is 37.4 Å². The van der Waals surface area contributed by atoms with Crippen LogP contribution in [0.5, 0.6) is 0 Å². The molecule has 3 atom stereocenters. The van der Waals surface area contributed by atoms with Crippen molar-refractivity contribution in [2.24, 2.45) is 11.8 Å². The van der Waals surface area contributed by atoms with Gasteiger partial charge in [-0.05, 0) is 13.8 Å². The molecule has 0 amide bonds. The van der Waals surface area contributed by atoms with Gasteiger partial charge in [-0.15, -0.1) is 0 Å². The highest BCUT2D eigenvalue weighted by Crippen LogP contribution is 2.52. The van der Waals surface area contributed by atoms with Gasteiger partial charge in [-0.2, -0.15) is 0 Å². The SMILES string of the molecule is CCC(=O)OC(OP(=O)(COC(C)C)OC(OC(C)=O)C(C)C)C(C)C. The minimum Gasteiger partial charge on any atom is -0.435 e. The van der Waals surface area contributed by atoms with Gasteiger partial charge in [-0.1, -0.05) is 34.6 Å². The van der Waals surface area contributed by atoms with E-state index in [0.29, 0.717) is 0 Å². The van der Waals surface area contributed by atoms with Crippen molar-refractivity contribution in [1.29, 1.82) is 0 Å². The van der Waals surface area contributed by atoms with Crippen LogP contribution in [0.1, 0.15) is 61.8 Å². The van der Waals surface area contributed by atoms with Crippen molar-refractivity contribution < 1.29 is 37.4 Å². The molecule has 8 nitrogen and oxygen atoms in total. The molecule has 0 radical (unpaired) electrons. The fourth-order valence-corrected chi connectivity index (χ4v) is 3.44. The fourth-order valence-electron chi connectivity index (χ4n) is 1.58. The number of ether oxygens (including phenoxy) is 3. The Morgan fingerprint density at radius 1 is 0.885 bits per heavy atom. The van der Waals surface area contributed by atoms with Crippen molar-refractivity contribution in [2.75, 3.05) is 6.35 Å². The van der Waals surface area contributed by atoms with E-state index in [-0.39, 0.29) is 30.7 Å². The number of carbonyl (C=O) groups is 2. The first-order valence-electron chi connectivity index (χ1n) is 8.84. The van der Waals surface area contributed by atoms with Crippen LogP contribution < -0.4 is 0 Å². The van der Waals surface area contributed by atoms with Crippen molar-refractivity contribution in [3.05, 3.63) is 0 Å². The van der Waals surface area contributed by atoms with Gasteiger partial charge in [-0.25, -0.2) is 0 Å². The molecule has 0 spiro atoms. The Morgan fingerprint density at radius 2 is 1.35 bits per heavy atom. The van der Waals surface area contributed by atoms with Gasteiger partial charge in [0.25, 0.3) is 0 Å². The van der Waals surface area contributed by atoms with Crippen molar-refractivity contribution in [2.45, 2.75) is 80.5 Å². The quantitative estimate of drug-likeness (QED) is 0.277. The van der Waals surface area contributed by atoms with E-state index in [1.54, 1.807) is 48.5 Å². The zero-order valence-corrected chi connectivity index (χ0v) is 17.9. The maximum atomic E-state index is 13.2. The van der Waals surface area contributed by atoms with Crippen molar-refractivity contribution in [1.82, 2.24) is 0 Å². The third-order valence-corrected chi connectivity index (χ3v) is 4.53. The molecule has 9 heteroatoms. The Labute approximate surface area is 156 Å². The van der Waals surface area contributed by atoms with Gasteiger partial charge in [0.1, 0.15) is 6.35 Å². The normalized spacial score (nSPS) is 16.4. The van der Waals surface area contributed by atoms with E-state index < -0.39 is 32.1 Å². The van der Waals surface area contributed by atoms with Crippen LogP contribution in [0.4, 0.5) is 0 Å². The largest absolute Gasteiger partial charge is 0.435 e. The van der Waals surface area contributed by atoms with E-state index in [1.165, 1.54) is 6.92 Å². The molecule has 0 N–H and O–H groups in total. The Bertz CT molecular complexity index is 489. The summed E-state index contributed by atoms with van der Waals surface area (Å²) < 4.78 is 40.0. The lowest BCUT2D eigenvalue weighted by atomic mass is 10.2. The van der Waals surface area contributed by atoms with Gasteiger partial charge in [-0.3, -0.25) is 23.2 Å². The van der Waals surface area contributed by atoms with E-state index in [2.05, 4.69) is 0 Å². The predicted octanol–water partition coefficient (Wildman–Crippen LogP) is 4.08. The first-order valence-corrected chi connectivity index (χ1v) is 10.6. The lowest BCUT2D eigenvalue weighted by Crippen LogP contribution is -2.30. The third kappa shape index (κ3) is 10.3. The number of carbonyl (C=O) groups excluding carboxylic acids is 2. The second kappa shape index (κ2) is 11.7. The van der Waals surface area contributed by atoms with E-state index in [4.69, 9.17) is 23.3 Å². The molecular formula is C17H33O8P. The van der Waals surface area contributed by atoms with Crippen LogP contribution >= 0.6 is 7.60 Å². The fraction of sp³-hybridized carbons (Fsp3) is 0.882. The summed E-state index contributed by atoms with van der Waals surface area (Å²) in [6.45, 7) is 13.4. The summed E-state index contributed by atoms with van der Waals surface area (Å²) >= 11 is 0. The molecule has 0 saturated heterocycles. The molecule has 0 aromatic rings. The predicted molar refractivity (Wildman–Crippen MR) is 96.3 cm³/mol. The summed E-state index contributed by atoms with van der Waals surface area (Å²) in [6, 6.07) is 0. The summed E-state index contributed by atoms with van der Waals surface area (Å²) in [5.74, 6) is -1.60. The molecular weight excluding hydrogens is 363 g/mol. The standard InChI is InChI=1S/C17H33O8P/c1-9-15(19)23-17(12(4)5)25-26(20,10-21-13(6)7)24-16(11(2)3)22-14(8)18/h11-13,16-17H,9-10H2,1-8H3. The zero-order valence-electron chi connectivity index (χ0n) is 17.0. The Kier molecular flexibility index (Phi) is 11.3. The summed E-state index contributed by atoms with van der Waals surface area (Å²) in [5.41, 5.74) is 0. The van der Waals surface area contributed by atoms with Gasteiger partial charge in [0.05, 0.1) is 6.10 Å². The lowest BCUT2D eigenvalue weighted by molar-refractivity contribution is -0.178. The minimum atomic E-state index is -3.89. The first kappa shape index (κ1) is 25.1. The molecule has 0 rings (SSSR count). The Hall–Kier alpha value is -0.950. The van der Waals surface area contributed by atoms with Gasteiger partial charge < -0.3 is 14.2 Å². The molecule has 0 saturated carbocycles. The van der Waals surface area contributed by atoms with Crippen LogP contribution in [0.25, 0.3) is 0 Å². The monoisotopic (exact) mass is 396 g/mol. The number of esters is 2. The van der Waals surface area contributed by atoms with Crippen molar-refractivity contribution in [3.63, 3.8) is 0 Å². The van der Waals surface area contributed by atoms with E-state index in [0.717, 1.165) is 0 Å². The van der Waals surface area contributed by atoms with Gasteiger partial charge in [0.2, 0.25) is 12.6 Å². The average molecular weight is 396 g/mol. The Balaban J connectivity index is 5.45. The molecule has 0 aliphatic carbocycles. The molecule has 0 aliphatic rings. The molecule has 3 unspecified atom stereocenters. The van der Waals surface area contributed by atoms with Crippen LogP contribution in [0.2, 0.25) is 0 Å². The Morgan fingerprint density at radius 3 is 1.69 bits per heavy atom. The van der Waals surface area contributed by atoms with E-state index >= 15 is 0 Å². The topological polar surface area (TPSA) is 97.4 Å². The molecule has 0 aromatic heterocycles. The molecule has 0 heterocycles. The van der Waals surface area contributed by atoms with E-state index in [1.807, 2.05) is 0 Å². The second-order valence-electron chi connectivity index (χ2n) is 6.84. The van der Waals surface area contributed by atoms with Crippen LogP contribution in [0.15, 0.2) is 0 Å². The van der Waals surface area contributed by atoms with Gasteiger partial charge in [0.15, 0.2) is 0 Å².